The Kier molecular flexibility index (Phi) is 9.61. The Bertz CT molecular complexity index is 1410. The Hall–Kier alpha value is -3.57. The average molecular weight is 596 g/mol. The largest absolute Gasteiger partial charge is 0.486 e. The Labute approximate surface area is 253 Å². The van der Waals surface area contributed by atoms with Crippen LogP contribution in [0.2, 0.25) is 0 Å². The van der Waals surface area contributed by atoms with Crippen LogP contribution in [0.15, 0.2) is 30.5 Å². The molecule has 0 radical (unpaired) electrons. The average Bonchev–Trinajstić information content (AvgIpc) is 2.97. The van der Waals surface area contributed by atoms with E-state index in [2.05, 4.69) is 45.2 Å². The number of anilines is 3. The molecule has 1 N–H and O–H groups in total. The molecule has 2 aliphatic rings. The lowest BCUT2D eigenvalue weighted by Crippen LogP contribution is -2.38. The molecule has 1 saturated heterocycles. The molecule has 2 aliphatic heterocycles. The fraction of sp³-hybridized carbons (Fsp3) is 0.531. The van der Waals surface area contributed by atoms with Crippen LogP contribution in [0.25, 0.3) is 11.3 Å². The van der Waals surface area contributed by atoms with Crippen molar-refractivity contribution in [2.75, 3.05) is 63.6 Å². The molecule has 0 saturated carbocycles. The van der Waals surface area contributed by atoms with Gasteiger partial charge in [-0.15, -0.1) is 0 Å². The van der Waals surface area contributed by atoms with Gasteiger partial charge in [0.15, 0.2) is 17.4 Å². The number of benzene rings is 1. The molecule has 0 spiro atoms. The normalized spacial score (nSPS) is 16.1. The number of likely N-dealkylation sites (tertiary alicyclic amines) is 1. The first-order valence-electron chi connectivity index (χ1n) is 15.2. The molecule has 0 bridgehead atoms. The molecule has 9 nitrogen and oxygen atoms in total. The standard InChI is InChI=1S/C32H43F2N7O2/c1-20(2)41-15-16-42-30-25(33)17-23(18-27(30)41)29-26(34)19-35-32(38-29)37-28-8-7-24(31(36-28)43-21(3)4)22-9-11-40(12-10-22)14-13-39(5)6/h7-8,17-22H,9-16H2,1-6H3,(H,35,36,37,38). The minimum atomic E-state index is -0.651. The number of nitrogens with zero attached hydrogens (tertiary/aromatic N) is 6. The third-order valence-electron chi connectivity index (χ3n) is 7.92. The summed E-state index contributed by atoms with van der Waals surface area (Å²) in [4.78, 5) is 20.1. The first kappa shape index (κ1) is 30.9. The lowest BCUT2D eigenvalue weighted by atomic mass is 9.90. The molecular weight excluding hydrogens is 552 g/mol. The smallest absolute Gasteiger partial charge is 0.229 e. The number of hydrogen-bond acceptors (Lipinski definition) is 9. The highest BCUT2D eigenvalue weighted by Gasteiger charge is 2.27. The van der Waals surface area contributed by atoms with Crippen LogP contribution in [0.3, 0.4) is 0 Å². The van der Waals surface area contributed by atoms with Crippen molar-refractivity contribution in [2.45, 2.75) is 58.6 Å². The van der Waals surface area contributed by atoms with Crippen LogP contribution in [0.5, 0.6) is 11.6 Å². The highest BCUT2D eigenvalue weighted by Crippen LogP contribution is 2.40. The minimum Gasteiger partial charge on any atom is -0.486 e. The molecule has 11 heteroatoms. The first-order valence-corrected chi connectivity index (χ1v) is 15.2. The summed E-state index contributed by atoms with van der Waals surface area (Å²) in [5.41, 5.74) is 1.97. The second kappa shape index (κ2) is 13.4. The fourth-order valence-corrected chi connectivity index (χ4v) is 5.68. The first-order chi connectivity index (χ1) is 20.6. The van der Waals surface area contributed by atoms with Crippen molar-refractivity contribution >= 4 is 17.5 Å². The third kappa shape index (κ3) is 7.33. The molecule has 1 fully saturated rings. The quantitative estimate of drug-likeness (QED) is 0.318. The molecule has 0 aliphatic carbocycles. The predicted molar refractivity (Wildman–Crippen MR) is 166 cm³/mol. The number of halogens is 2. The molecule has 1 aromatic carbocycles. The molecule has 43 heavy (non-hydrogen) atoms. The van der Waals surface area contributed by atoms with Crippen molar-refractivity contribution < 1.29 is 18.3 Å². The summed E-state index contributed by atoms with van der Waals surface area (Å²) in [6.07, 6.45) is 3.11. The van der Waals surface area contributed by atoms with Gasteiger partial charge in [-0.3, -0.25) is 0 Å². The van der Waals surface area contributed by atoms with Gasteiger partial charge in [0.25, 0.3) is 0 Å². The van der Waals surface area contributed by atoms with Crippen molar-refractivity contribution in [3.8, 4) is 22.9 Å². The van der Waals surface area contributed by atoms with E-state index in [1.54, 1.807) is 6.07 Å². The topological polar surface area (TPSA) is 78.9 Å². The van der Waals surface area contributed by atoms with Crippen LogP contribution < -0.4 is 19.7 Å². The van der Waals surface area contributed by atoms with E-state index < -0.39 is 11.6 Å². The maximum atomic E-state index is 15.1. The van der Waals surface area contributed by atoms with Crippen LogP contribution >= 0.6 is 0 Å². The Morgan fingerprint density at radius 1 is 1.05 bits per heavy atom. The molecular formula is C32H43F2N7O2. The summed E-state index contributed by atoms with van der Waals surface area (Å²) in [5, 5.41) is 3.10. The maximum absolute atomic E-state index is 15.1. The monoisotopic (exact) mass is 595 g/mol. The Morgan fingerprint density at radius 2 is 1.81 bits per heavy atom. The van der Waals surface area contributed by atoms with Gasteiger partial charge < -0.3 is 29.5 Å². The van der Waals surface area contributed by atoms with Gasteiger partial charge in [0.1, 0.15) is 18.1 Å². The number of likely N-dealkylation sites (N-methyl/N-ethyl adjacent to an activating group) is 1. The number of hydrogen-bond donors (Lipinski definition) is 1. The highest BCUT2D eigenvalue weighted by molar-refractivity contribution is 5.73. The van der Waals surface area contributed by atoms with Crippen LogP contribution in [0, 0.1) is 11.6 Å². The van der Waals surface area contributed by atoms with Crippen LogP contribution in [0.1, 0.15) is 52.0 Å². The van der Waals surface area contributed by atoms with E-state index in [-0.39, 0.29) is 29.5 Å². The summed E-state index contributed by atoms with van der Waals surface area (Å²) in [7, 11) is 4.20. The van der Waals surface area contributed by atoms with E-state index in [1.807, 2.05) is 38.7 Å². The highest BCUT2D eigenvalue weighted by atomic mass is 19.1. The summed E-state index contributed by atoms with van der Waals surface area (Å²) in [6.45, 7) is 13.2. The van der Waals surface area contributed by atoms with E-state index in [1.165, 1.54) is 6.07 Å². The van der Waals surface area contributed by atoms with E-state index >= 15 is 8.78 Å². The number of rotatable bonds is 10. The van der Waals surface area contributed by atoms with Gasteiger partial charge in [-0.1, -0.05) is 0 Å². The van der Waals surface area contributed by atoms with Gasteiger partial charge in [-0.25, -0.2) is 18.7 Å². The number of nitrogens with one attached hydrogen (secondary N) is 1. The second-order valence-corrected chi connectivity index (χ2v) is 12.1. The Morgan fingerprint density at radius 3 is 2.51 bits per heavy atom. The zero-order chi connectivity index (χ0) is 30.7. The van der Waals surface area contributed by atoms with Gasteiger partial charge in [-0.2, -0.15) is 4.98 Å². The van der Waals surface area contributed by atoms with Crippen molar-refractivity contribution in [3.63, 3.8) is 0 Å². The second-order valence-electron chi connectivity index (χ2n) is 12.1. The summed E-state index contributed by atoms with van der Waals surface area (Å²) >= 11 is 0. The van der Waals surface area contributed by atoms with Crippen molar-refractivity contribution in [1.29, 1.82) is 0 Å². The summed E-state index contributed by atoms with van der Waals surface area (Å²) in [5.74, 6) is 0.543. The van der Waals surface area contributed by atoms with Crippen molar-refractivity contribution in [3.05, 3.63) is 47.7 Å². The number of ether oxygens (including phenoxy) is 2. The molecule has 4 heterocycles. The van der Waals surface area contributed by atoms with Crippen molar-refractivity contribution in [1.82, 2.24) is 24.8 Å². The lowest BCUT2D eigenvalue weighted by Gasteiger charge is -2.34. The fourth-order valence-electron chi connectivity index (χ4n) is 5.68. The third-order valence-corrected chi connectivity index (χ3v) is 7.92. The molecule has 232 valence electrons. The van der Waals surface area contributed by atoms with Gasteiger partial charge in [0.05, 0.1) is 24.5 Å². The predicted octanol–water partition coefficient (Wildman–Crippen LogP) is 5.70. The molecule has 5 rings (SSSR count). The zero-order valence-electron chi connectivity index (χ0n) is 26.0. The van der Waals surface area contributed by atoms with E-state index in [9.17, 15) is 0 Å². The summed E-state index contributed by atoms with van der Waals surface area (Å²) in [6, 6.07) is 7.03. The van der Waals surface area contributed by atoms with Crippen LogP contribution in [0.4, 0.5) is 26.2 Å². The van der Waals surface area contributed by atoms with Crippen LogP contribution in [-0.2, 0) is 0 Å². The van der Waals surface area contributed by atoms with Gasteiger partial charge >= 0.3 is 0 Å². The van der Waals surface area contributed by atoms with Crippen molar-refractivity contribution in [2.24, 2.45) is 0 Å². The summed E-state index contributed by atoms with van der Waals surface area (Å²) < 4.78 is 41.9. The zero-order valence-corrected chi connectivity index (χ0v) is 26.0. The van der Waals surface area contributed by atoms with Crippen LogP contribution in [-0.4, -0.2) is 90.3 Å². The molecule has 0 atom stereocenters. The van der Waals surface area contributed by atoms with Gasteiger partial charge in [0, 0.05) is 30.3 Å². The lowest BCUT2D eigenvalue weighted by molar-refractivity contribution is 0.188. The van der Waals surface area contributed by atoms with Gasteiger partial charge in [-0.05, 0) is 97.9 Å². The molecule has 0 unspecified atom stereocenters. The SMILES string of the molecule is CC(C)Oc1nc(Nc2ncc(F)c(-c3cc(F)c4c(c3)N(C(C)C)CCO4)n2)ccc1C1CCN(CCN(C)C)CC1. The number of pyridine rings is 1. The number of piperidine rings is 1. The van der Waals surface area contributed by atoms with Gasteiger partial charge in [0.2, 0.25) is 11.8 Å². The minimum absolute atomic E-state index is 0.00946. The maximum Gasteiger partial charge on any atom is 0.229 e. The molecule has 3 aromatic rings. The number of aromatic nitrogens is 3. The van der Waals surface area contributed by atoms with E-state index in [0.29, 0.717) is 42.0 Å². The van der Waals surface area contributed by atoms with E-state index in [4.69, 9.17) is 14.5 Å². The molecule has 0 amide bonds. The van der Waals surface area contributed by atoms with E-state index in [0.717, 1.165) is 50.8 Å². The number of fused-ring (bicyclic) bond motifs is 1. The Balaban J connectivity index is 1.37. The molecule has 2 aromatic heterocycles.